The van der Waals surface area contributed by atoms with Crippen LogP contribution in [0.25, 0.3) is 0 Å². The fourth-order valence-corrected chi connectivity index (χ4v) is 1.82. The zero-order chi connectivity index (χ0) is 11.5. The molecule has 2 atom stereocenters. The lowest BCUT2D eigenvalue weighted by Gasteiger charge is -2.30. The van der Waals surface area contributed by atoms with Crippen molar-refractivity contribution in [1.29, 1.82) is 0 Å². The van der Waals surface area contributed by atoms with Crippen LogP contribution in [0.4, 0.5) is 5.69 Å². The molecule has 4 nitrogen and oxygen atoms in total. The number of para-hydroxylation sites is 2. The topological polar surface area (TPSA) is 58.6 Å². The molecule has 1 aliphatic heterocycles. The fourth-order valence-electron chi connectivity index (χ4n) is 1.82. The minimum atomic E-state index is -0.593. The summed E-state index contributed by atoms with van der Waals surface area (Å²) in [6, 6.07) is 7.30. The number of nitrogens with one attached hydrogen (secondary N) is 1. The molecule has 2 unspecified atom stereocenters. The van der Waals surface area contributed by atoms with Gasteiger partial charge in [0.2, 0.25) is 0 Å². The lowest BCUT2D eigenvalue weighted by Crippen LogP contribution is -2.43. The first-order chi connectivity index (χ1) is 7.76. The number of aliphatic hydroxyl groups excluding tert-OH is 1. The molecular formula is C12H15NO3. The van der Waals surface area contributed by atoms with Crippen LogP contribution in [0, 0.1) is 5.92 Å². The van der Waals surface area contributed by atoms with Gasteiger partial charge in [0.05, 0.1) is 5.69 Å². The van der Waals surface area contributed by atoms with E-state index in [1.807, 2.05) is 25.1 Å². The smallest absolute Gasteiger partial charge is 0.265 e. The molecule has 0 saturated heterocycles. The number of ether oxygens (including phenoxy) is 1. The largest absolute Gasteiger partial charge is 0.478 e. The highest BCUT2D eigenvalue weighted by Crippen LogP contribution is 2.31. The van der Waals surface area contributed by atoms with E-state index in [1.165, 1.54) is 0 Å². The quantitative estimate of drug-likeness (QED) is 0.811. The van der Waals surface area contributed by atoms with Crippen LogP contribution in [0.2, 0.25) is 0 Å². The van der Waals surface area contributed by atoms with E-state index in [1.54, 1.807) is 6.07 Å². The minimum absolute atomic E-state index is 0.0449. The molecule has 4 heteroatoms. The number of carbonyl (C=O) groups excluding carboxylic acids is 1. The normalized spacial score (nSPS) is 20.6. The zero-order valence-electron chi connectivity index (χ0n) is 9.14. The van der Waals surface area contributed by atoms with Crippen LogP contribution in [0.1, 0.15) is 13.3 Å². The van der Waals surface area contributed by atoms with Crippen molar-refractivity contribution in [2.75, 3.05) is 11.9 Å². The zero-order valence-corrected chi connectivity index (χ0v) is 9.14. The van der Waals surface area contributed by atoms with E-state index in [0.29, 0.717) is 17.9 Å². The number of aliphatic hydroxyl groups is 1. The van der Waals surface area contributed by atoms with Gasteiger partial charge < -0.3 is 15.2 Å². The number of benzene rings is 1. The number of hydrogen-bond donors (Lipinski definition) is 2. The first-order valence-corrected chi connectivity index (χ1v) is 5.43. The van der Waals surface area contributed by atoms with E-state index in [2.05, 4.69) is 5.32 Å². The summed E-state index contributed by atoms with van der Waals surface area (Å²) in [5.74, 6) is 0.326. The van der Waals surface area contributed by atoms with Gasteiger partial charge in [-0.05, 0) is 18.6 Å². The number of anilines is 1. The molecule has 2 rings (SSSR count). The summed E-state index contributed by atoms with van der Waals surface area (Å²) in [5.41, 5.74) is 0.691. The summed E-state index contributed by atoms with van der Waals surface area (Å²) in [5, 5.41) is 12.0. The molecule has 0 spiro atoms. The molecule has 1 aromatic rings. The number of amides is 1. The average Bonchev–Trinajstić information content (AvgIpc) is 2.31. The Bertz CT molecular complexity index is 388. The summed E-state index contributed by atoms with van der Waals surface area (Å²) in [6.45, 7) is 1.88. The maximum Gasteiger partial charge on any atom is 0.265 e. The molecule has 0 saturated carbocycles. The third-order valence-electron chi connectivity index (χ3n) is 2.84. The van der Waals surface area contributed by atoms with Crippen molar-refractivity contribution in [3.63, 3.8) is 0 Å². The Labute approximate surface area is 94.2 Å². The van der Waals surface area contributed by atoms with Crippen molar-refractivity contribution in [2.24, 2.45) is 5.92 Å². The van der Waals surface area contributed by atoms with Gasteiger partial charge in [-0.15, -0.1) is 0 Å². The highest BCUT2D eigenvalue weighted by Gasteiger charge is 2.33. The molecule has 1 heterocycles. The second-order valence-electron chi connectivity index (χ2n) is 3.87. The SMILES string of the molecule is CCC(CO)C1Oc2ccccc2NC1=O. The van der Waals surface area contributed by atoms with Gasteiger partial charge in [-0.25, -0.2) is 0 Å². The first kappa shape index (κ1) is 11.0. The fraction of sp³-hybridized carbons (Fsp3) is 0.417. The van der Waals surface area contributed by atoms with Crippen LogP contribution >= 0.6 is 0 Å². The van der Waals surface area contributed by atoms with Crippen molar-refractivity contribution in [3.8, 4) is 5.75 Å². The third kappa shape index (κ3) is 1.88. The number of rotatable bonds is 3. The van der Waals surface area contributed by atoms with Gasteiger partial charge in [-0.1, -0.05) is 19.1 Å². The van der Waals surface area contributed by atoms with Crippen LogP contribution in [0.3, 0.4) is 0 Å². The average molecular weight is 221 g/mol. The summed E-state index contributed by atoms with van der Waals surface area (Å²) in [4.78, 5) is 11.8. The molecule has 0 radical (unpaired) electrons. The number of hydrogen-bond acceptors (Lipinski definition) is 3. The minimum Gasteiger partial charge on any atom is -0.478 e. The molecule has 1 aliphatic rings. The van der Waals surface area contributed by atoms with E-state index in [9.17, 15) is 9.90 Å². The number of carbonyl (C=O) groups is 1. The molecular weight excluding hydrogens is 206 g/mol. The van der Waals surface area contributed by atoms with E-state index in [0.717, 1.165) is 0 Å². The summed E-state index contributed by atoms with van der Waals surface area (Å²) in [7, 11) is 0. The Hall–Kier alpha value is -1.55. The highest BCUT2D eigenvalue weighted by atomic mass is 16.5. The van der Waals surface area contributed by atoms with Crippen molar-refractivity contribution >= 4 is 11.6 Å². The standard InChI is InChI=1S/C12H15NO3/c1-2-8(7-14)11-12(15)13-9-5-3-4-6-10(9)16-11/h3-6,8,11,14H,2,7H2,1H3,(H,13,15). The maximum absolute atomic E-state index is 11.8. The Morgan fingerprint density at radius 2 is 2.25 bits per heavy atom. The van der Waals surface area contributed by atoms with Crippen LogP contribution in [-0.2, 0) is 4.79 Å². The van der Waals surface area contributed by atoms with Crippen molar-refractivity contribution in [3.05, 3.63) is 24.3 Å². The molecule has 0 aliphatic carbocycles. The predicted octanol–water partition coefficient (Wildman–Crippen LogP) is 1.40. The second kappa shape index (κ2) is 4.53. The van der Waals surface area contributed by atoms with Gasteiger partial charge >= 0.3 is 0 Å². The van der Waals surface area contributed by atoms with Crippen LogP contribution in [0.15, 0.2) is 24.3 Å². The summed E-state index contributed by atoms with van der Waals surface area (Å²) in [6.07, 6.45) is 0.112. The maximum atomic E-state index is 11.8. The molecule has 1 amide bonds. The molecule has 2 N–H and O–H groups in total. The molecule has 0 bridgehead atoms. The molecule has 1 aromatic carbocycles. The van der Waals surface area contributed by atoms with Crippen LogP contribution in [-0.4, -0.2) is 23.7 Å². The van der Waals surface area contributed by atoms with Crippen LogP contribution in [0.5, 0.6) is 5.75 Å². The Kier molecular flexibility index (Phi) is 3.10. The second-order valence-corrected chi connectivity index (χ2v) is 3.87. The van der Waals surface area contributed by atoms with Gasteiger partial charge in [0.25, 0.3) is 5.91 Å². The summed E-state index contributed by atoms with van der Waals surface area (Å²) >= 11 is 0. The van der Waals surface area contributed by atoms with Gasteiger partial charge in [-0.3, -0.25) is 4.79 Å². The number of fused-ring (bicyclic) bond motifs is 1. The van der Waals surface area contributed by atoms with Gasteiger partial charge in [0.15, 0.2) is 6.10 Å². The summed E-state index contributed by atoms with van der Waals surface area (Å²) < 4.78 is 5.62. The van der Waals surface area contributed by atoms with E-state index < -0.39 is 6.10 Å². The molecule has 0 aromatic heterocycles. The van der Waals surface area contributed by atoms with Crippen LogP contribution < -0.4 is 10.1 Å². The lowest BCUT2D eigenvalue weighted by atomic mass is 9.98. The van der Waals surface area contributed by atoms with E-state index >= 15 is 0 Å². The third-order valence-corrected chi connectivity index (χ3v) is 2.84. The lowest BCUT2D eigenvalue weighted by molar-refractivity contribution is -0.126. The first-order valence-electron chi connectivity index (χ1n) is 5.43. The van der Waals surface area contributed by atoms with Gasteiger partial charge in [-0.2, -0.15) is 0 Å². The molecule has 86 valence electrons. The Balaban J connectivity index is 2.24. The van der Waals surface area contributed by atoms with E-state index in [-0.39, 0.29) is 18.4 Å². The monoisotopic (exact) mass is 221 g/mol. The predicted molar refractivity (Wildman–Crippen MR) is 60.4 cm³/mol. The van der Waals surface area contributed by atoms with Gasteiger partial charge in [0.1, 0.15) is 5.75 Å². The molecule has 16 heavy (non-hydrogen) atoms. The highest BCUT2D eigenvalue weighted by molar-refractivity contribution is 5.97. The Morgan fingerprint density at radius 3 is 2.94 bits per heavy atom. The Morgan fingerprint density at radius 1 is 1.50 bits per heavy atom. The van der Waals surface area contributed by atoms with Crippen molar-refractivity contribution < 1.29 is 14.6 Å². The van der Waals surface area contributed by atoms with E-state index in [4.69, 9.17) is 4.74 Å². The molecule has 0 fully saturated rings. The van der Waals surface area contributed by atoms with Crippen molar-refractivity contribution in [2.45, 2.75) is 19.4 Å². The van der Waals surface area contributed by atoms with Gasteiger partial charge in [0, 0.05) is 12.5 Å². The van der Waals surface area contributed by atoms with Crippen molar-refractivity contribution in [1.82, 2.24) is 0 Å².